The zero-order valence-corrected chi connectivity index (χ0v) is 16.6. The number of carbonyl (C=O) groups excluding carboxylic acids is 2. The summed E-state index contributed by atoms with van der Waals surface area (Å²) in [7, 11) is 0. The Morgan fingerprint density at radius 1 is 1.19 bits per heavy atom. The van der Waals surface area contributed by atoms with Crippen molar-refractivity contribution in [3.8, 4) is 0 Å². The SMILES string of the molecule is CCN(CC)c1ccc(C(=O)Nc2nc3c(s2)C(=O)CC(C)(C)C3)cc1. The number of ketones is 1. The number of thiazole rings is 1. The number of nitrogens with zero attached hydrogens (tertiary/aromatic N) is 2. The molecule has 1 aromatic carbocycles. The first-order valence-electron chi connectivity index (χ1n) is 9.02. The van der Waals surface area contributed by atoms with E-state index in [1.807, 2.05) is 24.3 Å². The average molecular weight is 372 g/mol. The maximum Gasteiger partial charge on any atom is 0.257 e. The highest BCUT2D eigenvalue weighted by atomic mass is 32.1. The number of fused-ring (bicyclic) bond motifs is 1. The van der Waals surface area contributed by atoms with E-state index in [1.165, 1.54) is 11.3 Å². The van der Waals surface area contributed by atoms with Gasteiger partial charge in [0.1, 0.15) is 0 Å². The van der Waals surface area contributed by atoms with Gasteiger partial charge in [0.05, 0.1) is 10.6 Å². The molecule has 2 aromatic rings. The van der Waals surface area contributed by atoms with Gasteiger partial charge in [0, 0.05) is 30.8 Å². The van der Waals surface area contributed by atoms with E-state index in [4.69, 9.17) is 0 Å². The quantitative estimate of drug-likeness (QED) is 0.846. The molecule has 26 heavy (non-hydrogen) atoms. The van der Waals surface area contributed by atoms with E-state index in [9.17, 15) is 9.59 Å². The fourth-order valence-corrected chi connectivity index (χ4v) is 4.27. The molecule has 138 valence electrons. The predicted octanol–water partition coefficient (Wildman–Crippen LogP) is 4.40. The molecule has 5 nitrogen and oxygen atoms in total. The van der Waals surface area contributed by atoms with Crippen LogP contribution in [0.3, 0.4) is 0 Å². The number of aromatic nitrogens is 1. The van der Waals surface area contributed by atoms with Gasteiger partial charge in [-0.2, -0.15) is 0 Å². The first-order chi connectivity index (χ1) is 12.3. The zero-order chi connectivity index (χ0) is 18.9. The molecule has 6 heteroatoms. The van der Waals surface area contributed by atoms with Gasteiger partial charge in [0.2, 0.25) is 0 Å². The van der Waals surface area contributed by atoms with Crippen LogP contribution in [0.2, 0.25) is 0 Å². The van der Waals surface area contributed by atoms with Gasteiger partial charge in [-0.3, -0.25) is 14.9 Å². The van der Waals surface area contributed by atoms with E-state index in [2.05, 4.69) is 42.9 Å². The van der Waals surface area contributed by atoms with Crippen molar-refractivity contribution < 1.29 is 9.59 Å². The second kappa shape index (κ2) is 7.19. The molecule has 0 saturated carbocycles. The minimum Gasteiger partial charge on any atom is -0.372 e. The number of anilines is 2. The Kier molecular flexibility index (Phi) is 5.14. The van der Waals surface area contributed by atoms with Crippen LogP contribution in [0, 0.1) is 5.41 Å². The number of amides is 1. The molecule has 0 spiro atoms. The smallest absolute Gasteiger partial charge is 0.257 e. The Morgan fingerprint density at radius 3 is 2.46 bits per heavy atom. The first-order valence-corrected chi connectivity index (χ1v) is 9.84. The lowest BCUT2D eigenvalue weighted by Crippen LogP contribution is -2.26. The molecule has 0 fully saturated rings. The number of nitrogens with one attached hydrogen (secondary N) is 1. The molecule has 1 aliphatic carbocycles. The minimum absolute atomic E-state index is 0.0697. The lowest BCUT2D eigenvalue weighted by Gasteiger charge is -2.26. The van der Waals surface area contributed by atoms with Crippen LogP contribution < -0.4 is 10.2 Å². The third-order valence-electron chi connectivity index (χ3n) is 4.71. The summed E-state index contributed by atoms with van der Waals surface area (Å²) in [5.74, 6) is -0.0771. The fourth-order valence-electron chi connectivity index (χ4n) is 3.36. The van der Waals surface area contributed by atoms with Gasteiger partial charge in [-0.1, -0.05) is 25.2 Å². The summed E-state index contributed by atoms with van der Waals surface area (Å²) in [4.78, 5) is 32.2. The molecule has 1 amide bonds. The third kappa shape index (κ3) is 3.80. The average Bonchev–Trinajstić information content (AvgIpc) is 2.98. The monoisotopic (exact) mass is 371 g/mol. The summed E-state index contributed by atoms with van der Waals surface area (Å²) >= 11 is 1.28. The molecule has 0 radical (unpaired) electrons. The van der Waals surface area contributed by atoms with Crippen molar-refractivity contribution in [2.75, 3.05) is 23.3 Å². The van der Waals surface area contributed by atoms with Crippen molar-refractivity contribution in [2.45, 2.75) is 40.5 Å². The summed E-state index contributed by atoms with van der Waals surface area (Å²) in [6, 6.07) is 7.57. The number of hydrogen-bond donors (Lipinski definition) is 1. The molecular weight excluding hydrogens is 346 g/mol. The summed E-state index contributed by atoms with van der Waals surface area (Å²) in [6.45, 7) is 10.2. The van der Waals surface area contributed by atoms with Crippen LogP contribution in [0.4, 0.5) is 10.8 Å². The van der Waals surface area contributed by atoms with Crippen molar-refractivity contribution in [3.63, 3.8) is 0 Å². The molecule has 0 aliphatic heterocycles. The summed E-state index contributed by atoms with van der Waals surface area (Å²) in [6.07, 6.45) is 1.29. The van der Waals surface area contributed by atoms with Gasteiger partial charge in [-0.15, -0.1) is 0 Å². The Balaban J connectivity index is 1.74. The van der Waals surface area contributed by atoms with E-state index >= 15 is 0 Å². The van der Waals surface area contributed by atoms with E-state index in [0.29, 0.717) is 22.0 Å². The largest absolute Gasteiger partial charge is 0.372 e. The lowest BCUT2D eigenvalue weighted by molar-refractivity contribution is 0.0915. The Labute approximate surface area is 158 Å². The van der Waals surface area contributed by atoms with Gasteiger partial charge in [-0.05, 0) is 49.9 Å². The van der Waals surface area contributed by atoms with Gasteiger partial charge in [0.15, 0.2) is 10.9 Å². The maximum absolute atomic E-state index is 12.5. The van der Waals surface area contributed by atoms with Crippen LogP contribution in [0.15, 0.2) is 24.3 Å². The topological polar surface area (TPSA) is 62.3 Å². The van der Waals surface area contributed by atoms with Crippen LogP contribution in [0.1, 0.15) is 59.8 Å². The summed E-state index contributed by atoms with van der Waals surface area (Å²) in [5.41, 5.74) is 2.42. The highest BCUT2D eigenvalue weighted by Gasteiger charge is 2.34. The van der Waals surface area contributed by atoms with Crippen molar-refractivity contribution in [1.82, 2.24) is 4.98 Å². The van der Waals surface area contributed by atoms with Gasteiger partial charge in [0.25, 0.3) is 5.91 Å². The third-order valence-corrected chi connectivity index (χ3v) is 5.77. The first kappa shape index (κ1) is 18.6. The Hall–Kier alpha value is -2.21. The van der Waals surface area contributed by atoms with E-state index < -0.39 is 0 Å². The van der Waals surface area contributed by atoms with Crippen molar-refractivity contribution in [3.05, 3.63) is 40.4 Å². The predicted molar refractivity (Wildman–Crippen MR) is 107 cm³/mol. The molecule has 1 aliphatic rings. The molecule has 0 unspecified atom stereocenters. The van der Waals surface area contributed by atoms with Crippen molar-refractivity contribution in [1.29, 1.82) is 0 Å². The number of benzene rings is 1. The van der Waals surface area contributed by atoms with Crippen LogP contribution in [-0.2, 0) is 6.42 Å². The lowest BCUT2D eigenvalue weighted by atomic mass is 9.78. The van der Waals surface area contributed by atoms with Crippen LogP contribution in [0.5, 0.6) is 0 Å². The second-order valence-corrected chi connectivity index (χ2v) is 8.41. The summed E-state index contributed by atoms with van der Waals surface area (Å²) < 4.78 is 0. The van der Waals surface area contributed by atoms with Crippen molar-refractivity contribution in [2.24, 2.45) is 5.41 Å². The van der Waals surface area contributed by atoms with Crippen molar-refractivity contribution >= 4 is 33.8 Å². The number of hydrogen-bond acceptors (Lipinski definition) is 5. The highest BCUT2D eigenvalue weighted by molar-refractivity contribution is 7.17. The van der Waals surface area contributed by atoms with Crippen LogP contribution in [0.25, 0.3) is 0 Å². The molecule has 0 saturated heterocycles. The molecule has 1 N–H and O–H groups in total. The Bertz CT molecular complexity index is 820. The zero-order valence-electron chi connectivity index (χ0n) is 15.8. The molecule has 1 aromatic heterocycles. The van der Waals surface area contributed by atoms with Crippen LogP contribution >= 0.6 is 11.3 Å². The molecular formula is C20H25N3O2S. The normalized spacial score (nSPS) is 15.5. The summed E-state index contributed by atoms with van der Waals surface area (Å²) in [5, 5.41) is 3.34. The molecule has 1 heterocycles. The standard InChI is InChI=1S/C20H25N3O2S/c1-5-23(6-2)14-9-7-13(8-10-14)18(25)22-19-21-15-11-20(3,4)12-16(24)17(15)26-19/h7-10H,5-6,11-12H2,1-4H3,(H,21,22,25). The van der Waals surface area contributed by atoms with E-state index in [-0.39, 0.29) is 17.1 Å². The minimum atomic E-state index is -0.200. The second-order valence-electron chi connectivity index (χ2n) is 7.41. The number of carbonyl (C=O) groups is 2. The van der Waals surface area contributed by atoms with E-state index in [1.54, 1.807) is 0 Å². The molecule has 0 atom stereocenters. The number of Topliss-reactive ketones (excluding diaryl/α,β-unsaturated/α-hetero) is 1. The Morgan fingerprint density at radius 2 is 1.85 bits per heavy atom. The molecule has 0 bridgehead atoms. The fraction of sp³-hybridized carbons (Fsp3) is 0.450. The van der Waals surface area contributed by atoms with E-state index in [0.717, 1.165) is 30.9 Å². The maximum atomic E-state index is 12.5. The number of rotatable bonds is 5. The van der Waals surface area contributed by atoms with Gasteiger partial charge < -0.3 is 4.90 Å². The van der Waals surface area contributed by atoms with Gasteiger partial charge in [-0.25, -0.2) is 4.98 Å². The van der Waals surface area contributed by atoms with Crippen LogP contribution in [-0.4, -0.2) is 29.8 Å². The molecule has 3 rings (SSSR count). The highest BCUT2D eigenvalue weighted by Crippen LogP contribution is 2.38. The van der Waals surface area contributed by atoms with Gasteiger partial charge >= 0.3 is 0 Å².